The summed E-state index contributed by atoms with van der Waals surface area (Å²) in [6, 6.07) is -0.214. The average Bonchev–Trinajstić information content (AvgIpc) is 2.03. The van der Waals surface area contributed by atoms with E-state index in [9.17, 15) is 9.59 Å². The van der Waals surface area contributed by atoms with Crippen molar-refractivity contribution >= 4 is 11.9 Å². The zero-order valence-corrected chi connectivity index (χ0v) is 7.46. The molecule has 1 N–H and O–H groups in total. The molecule has 0 spiro atoms. The fraction of sp³-hybridized carbons (Fsp3) is 0.750. The van der Waals surface area contributed by atoms with Crippen LogP contribution in [0, 0.1) is 0 Å². The SMILES string of the molecule is CCC1CC(=O)N(CC)C(=O)N1. The van der Waals surface area contributed by atoms with Crippen LogP contribution in [0.5, 0.6) is 0 Å². The fourth-order valence-corrected chi connectivity index (χ4v) is 1.30. The third-order valence-electron chi connectivity index (χ3n) is 2.10. The lowest BCUT2D eigenvalue weighted by Crippen LogP contribution is -2.54. The third-order valence-corrected chi connectivity index (χ3v) is 2.10. The van der Waals surface area contributed by atoms with Crippen LogP contribution in [0.1, 0.15) is 26.7 Å². The minimum absolute atomic E-state index is 0.0350. The van der Waals surface area contributed by atoms with E-state index in [1.807, 2.05) is 6.92 Å². The predicted molar refractivity (Wildman–Crippen MR) is 44.6 cm³/mol. The standard InChI is InChI=1S/C8H14N2O2/c1-3-6-5-7(11)10(4-2)8(12)9-6/h6H,3-5H2,1-2H3,(H,9,12). The van der Waals surface area contributed by atoms with Crippen LogP contribution in [0.4, 0.5) is 4.79 Å². The van der Waals surface area contributed by atoms with Gasteiger partial charge in [-0.05, 0) is 13.3 Å². The third kappa shape index (κ3) is 1.57. The van der Waals surface area contributed by atoms with Gasteiger partial charge >= 0.3 is 6.03 Å². The van der Waals surface area contributed by atoms with E-state index in [1.165, 1.54) is 4.90 Å². The molecule has 1 aliphatic rings. The van der Waals surface area contributed by atoms with Crippen LogP contribution >= 0.6 is 0 Å². The van der Waals surface area contributed by atoms with Crippen LogP contribution in [-0.2, 0) is 4.79 Å². The van der Waals surface area contributed by atoms with E-state index in [0.29, 0.717) is 13.0 Å². The van der Waals surface area contributed by atoms with Crippen LogP contribution in [0.2, 0.25) is 0 Å². The Balaban J connectivity index is 2.63. The van der Waals surface area contributed by atoms with Gasteiger partial charge in [-0.25, -0.2) is 4.79 Å². The van der Waals surface area contributed by atoms with Gasteiger partial charge in [0.2, 0.25) is 5.91 Å². The van der Waals surface area contributed by atoms with E-state index in [2.05, 4.69) is 5.32 Å². The maximum absolute atomic E-state index is 11.3. The summed E-state index contributed by atoms with van der Waals surface area (Å²) in [5, 5.41) is 2.76. The Bertz CT molecular complexity index is 185. The number of amides is 3. The molecule has 1 aliphatic heterocycles. The summed E-state index contributed by atoms with van der Waals surface area (Å²) in [6.07, 6.45) is 1.26. The van der Waals surface area contributed by atoms with E-state index in [1.54, 1.807) is 6.92 Å². The van der Waals surface area contributed by atoms with Crippen LogP contribution in [0.15, 0.2) is 0 Å². The molecule has 1 atom stereocenters. The molecule has 1 heterocycles. The molecule has 0 radical (unpaired) electrons. The topological polar surface area (TPSA) is 49.4 Å². The Morgan fingerprint density at radius 3 is 2.58 bits per heavy atom. The quantitative estimate of drug-likeness (QED) is 0.664. The van der Waals surface area contributed by atoms with Gasteiger partial charge in [0.25, 0.3) is 0 Å². The summed E-state index contributed by atoms with van der Waals surface area (Å²) in [7, 11) is 0. The van der Waals surface area contributed by atoms with Gasteiger partial charge in [-0.1, -0.05) is 6.92 Å². The minimum atomic E-state index is -0.249. The van der Waals surface area contributed by atoms with Gasteiger partial charge < -0.3 is 5.32 Å². The van der Waals surface area contributed by atoms with E-state index in [4.69, 9.17) is 0 Å². The lowest BCUT2D eigenvalue weighted by Gasteiger charge is -2.29. The molecular weight excluding hydrogens is 156 g/mol. The van der Waals surface area contributed by atoms with Crippen molar-refractivity contribution in [2.75, 3.05) is 6.54 Å². The Morgan fingerprint density at radius 1 is 1.50 bits per heavy atom. The van der Waals surface area contributed by atoms with Crippen molar-refractivity contribution in [1.29, 1.82) is 0 Å². The van der Waals surface area contributed by atoms with Crippen molar-refractivity contribution in [3.63, 3.8) is 0 Å². The van der Waals surface area contributed by atoms with Crippen molar-refractivity contribution < 1.29 is 9.59 Å². The first-order chi connectivity index (χ1) is 5.69. The molecule has 4 nitrogen and oxygen atoms in total. The van der Waals surface area contributed by atoms with E-state index >= 15 is 0 Å². The molecule has 0 aromatic carbocycles. The number of nitrogens with zero attached hydrogens (tertiary/aromatic N) is 1. The number of hydrogen-bond acceptors (Lipinski definition) is 2. The molecule has 1 rings (SSSR count). The second-order valence-electron chi connectivity index (χ2n) is 2.90. The smallest absolute Gasteiger partial charge is 0.324 e. The van der Waals surface area contributed by atoms with Crippen molar-refractivity contribution in [2.45, 2.75) is 32.7 Å². The molecule has 0 aromatic heterocycles. The summed E-state index contributed by atoms with van der Waals surface area (Å²) in [6.45, 7) is 4.21. The molecule has 68 valence electrons. The highest BCUT2D eigenvalue weighted by molar-refractivity contribution is 5.97. The summed E-state index contributed by atoms with van der Waals surface area (Å²) in [5.41, 5.74) is 0. The summed E-state index contributed by atoms with van der Waals surface area (Å²) < 4.78 is 0. The van der Waals surface area contributed by atoms with Crippen molar-refractivity contribution in [1.82, 2.24) is 10.2 Å². The first-order valence-electron chi connectivity index (χ1n) is 4.29. The van der Waals surface area contributed by atoms with Gasteiger partial charge in [0, 0.05) is 19.0 Å². The normalized spacial score (nSPS) is 24.2. The largest absolute Gasteiger partial charge is 0.334 e. The average molecular weight is 170 g/mol. The number of urea groups is 1. The number of nitrogens with one attached hydrogen (secondary N) is 1. The van der Waals surface area contributed by atoms with E-state index < -0.39 is 0 Å². The first kappa shape index (κ1) is 9.03. The molecular formula is C8H14N2O2. The summed E-state index contributed by atoms with van der Waals surface area (Å²) >= 11 is 0. The van der Waals surface area contributed by atoms with Gasteiger partial charge in [0.05, 0.1) is 0 Å². The van der Waals surface area contributed by atoms with Crippen molar-refractivity contribution in [3.05, 3.63) is 0 Å². The molecule has 4 heteroatoms. The zero-order valence-electron chi connectivity index (χ0n) is 7.46. The van der Waals surface area contributed by atoms with E-state index in [-0.39, 0.29) is 18.0 Å². The predicted octanol–water partition coefficient (Wildman–Crippen LogP) is 0.727. The number of rotatable bonds is 2. The molecule has 0 aromatic rings. The molecule has 12 heavy (non-hydrogen) atoms. The highest BCUT2D eigenvalue weighted by Gasteiger charge is 2.29. The Morgan fingerprint density at radius 2 is 2.17 bits per heavy atom. The highest BCUT2D eigenvalue weighted by atomic mass is 16.2. The van der Waals surface area contributed by atoms with E-state index in [0.717, 1.165) is 6.42 Å². The zero-order chi connectivity index (χ0) is 9.14. The van der Waals surface area contributed by atoms with Crippen molar-refractivity contribution in [2.24, 2.45) is 0 Å². The maximum Gasteiger partial charge on any atom is 0.324 e. The maximum atomic E-state index is 11.3. The minimum Gasteiger partial charge on any atom is -0.334 e. The molecule has 1 fully saturated rings. The first-order valence-corrected chi connectivity index (χ1v) is 4.29. The highest BCUT2D eigenvalue weighted by Crippen LogP contribution is 2.09. The van der Waals surface area contributed by atoms with Crippen LogP contribution in [0.25, 0.3) is 0 Å². The number of carbonyl (C=O) groups excluding carboxylic acids is 2. The molecule has 0 bridgehead atoms. The molecule has 1 unspecified atom stereocenters. The Hall–Kier alpha value is -1.06. The Kier molecular flexibility index (Phi) is 2.68. The second kappa shape index (κ2) is 3.56. The van der Waals surface area contributed by atoms with Gasteiger partial charge in [0.15, 0.2) is 0 Å². The van der Waals surface area contributed by atoms with Crippen LogP contribution in [-0.4, -0.2) is 29.4 Å². The van der Waals surface area contributed by atoms with Crippen LogP contribution in [0.3, 0.4) is 0 Å². The number of hydrogen-bond donors (Lipinski definition) is 1. The van der Waals surface area contributed by atoms with Crippen LogP contribution < -0.4 is 5.32 Å². The summed E-state index contributed by atoms with van der Waals surface area (Å²) in [5.74, 6) is -0.0619. The Labute approximate surface area is 71.9 Å². The fourth-order valence-electron chi connectivity index (χ4n) is 1.30. The second-order valence-corrected chi connectivity index (χ2v) is 2.90. The molecule has 3 amide bonds. The number of imide groups is 1. The number of carbonyl (C=O) groups is 2. The molecule has 0 saturated carbocycles. The van der Waals surface area contributed by atoms with Crippen molar-refractivity contribution in [3.8, 4) is 0 Å². The summed E-state index contributed by atoms with van der Waals surface area (Å²) in [4.78, 5) is 23.7. The molecule has 0 aliphatic carbocycles. The lowest BCUT2D eigenvalue weighted by molar-refractivity contribution is -0.130. The van der Waals surface area contributed by atoms with Gasteiger partial charge in [0.1, 0.15) is 0 Å². The van der Waals surface area contributed by atoms with Gasteiger partial charge in [-0.2, -0.15) is 0 Å². The van der Waals surface area contributed by atoms with Gasteiger partial charge in [-0.15, -0.1) is 0 Å². The lowest BCUT2D eigenvalue weighted by atomic mass is 10.1. The molecule has 1 saturated heterocycles. The van der Waals surface area contributed by atoms with Gasteiger partial charge in [-0.3, -0.25) is 9.69 Å². The monoisotopic (exact) mass is 170 g/mol.